The summed E-state index contributed by atoms with van der Waals surface area (Å²) in [7, 11) is 8.34. The third-order valence-electron chi connectivity index (χ3n) is 4.33. The van der Waals surface area contributed by atoms with Gasteiger partial charge in [0.15, 0.2) is 0 Å². The minimum Gasteiger partial charge on any atom is -0.473 e. The molecular weight excluding hydrogens is 414 g/mol. The van der Waals surface area contributed by atoms with Gasteiger partial charge < -0.3 is 20.0 Å². The number of hydrogen-bond donors (Lipinski definition) is 2. The van der Waals surface area contributed by atoms with Crippen LogP contribution in [0.4, 0.5) is 5.69 Å². The number of anilines is 1. The van der Waals surface area contributed by atoms with Gasteiger partial charge in [-0.15, -0.1) is 11.8 Å². The van der Waals surface area contributed by atoms with Crippen molar-refractivity contribution in [2.24, 2.45) is 0 Å². The van der Waals surface area contributed by atoms with Crippen molar-refractivity contribution in [3.05, 3.63) is 54.6 Å². The molecule has 0 fully saturated rings. The van der Waals surface area contributed by atoms with Gasteiger partial charge in [0.05, 0.1) is 5.52 Å². The number of thioether (sulfide) groups is 1. The fourth-order valence-electron chi connectivity index (χ4n) is 2.68. The number of fused-ring (bicyclic) bond motifs is 1. The van der Waals surface area contributed by atoms with E-state index < -0.39 is 11.9 Å². The van der Waals surface area contributed by atoms with Crippen molar-refractivity contribution >= 4 is 40.3 Å². The van der Waals surface area contributed by atoms with Crippen LogP contribution in [0.3, 0.4) is 0 Å². The summed E-state index contributed by atoms with van der Waals surface area (Å²) in [5.41, 5.74) is 4.67. The molecule has 8 heteroatoms. The van der Waals surface area contributed by atoms with Crippen LogP contribution < -0.4 is 4.90 Å². The molecule has 0 spiro atoms. The highest BCUT2D eigenvalue weighted by Gasteiger charge is 2.11. The molecule has 0 amide bonds. The van der Waals surface area contributed by atoms with Gasteiger partial charge in [-0.2, -0.15) is 0 Å². The second-order valence-corrected chi connectivity index (χ2v) is 8.32. The third-order valence-corrected chi connectivity index (χ3v) is 5.30. The molecule has 2 N–H and O–H groups in total. The topological polar surface area (TPSA) is 94.0 Å². The zero-order valence-corrected chi connectivity index (χ0v) is 18.9. The van der Waals surface area contributed by atoms with Gasteiger partial charge in [-0.3, -0.25) is 0 Å². The van der Waals surface area contributed by atoms with Crippen molar-refractivity contribution in [2.75, 3.05) is 45.4 Å². The van der Waals surface area contributed by atoms with E-state index in [2.05, 4.69) is 92.6 Å². The number of nitrogens with zero attached hydrogens (tertiary/aromatic N) is 3. The minimum atomic E-state index is -1.82. The van der Waals surface area contributed by atoms with E-state index in [-0.39, 0.29) is 0 Å². The van der Waals surface area contributed by atoms with Crippen LogP contribution in [0.25, 0.3) is 22.0 Å². The molecule has 0 unspecified atom stereocenters. The lowest BCUT2D eigenvalue weighted by molar-refractivity contribution is -0.159. The van der Waals surface area contributed by atoms with Gasteiger partial charge in [-0.1, -0.05) is 36.4 Å². The maximum atomic E-state index is 9.10. The Bertz CT molecular complexity index is 1030. The first-order valence-electron chi connectivity index (χ1n) is 9.60. The third kappa shape index (κ3) is 7.27. The van der Waals surface area contributed by atoms with Crippen LogP contribution in [0.15, 0.2) is 59.6 Å². The van der Waals surface area contributed by atoms with Gasteiger partial charge in [-0.05, 0) is 37.9 Å². The summed E-state index contributed by atoms with van der Waals surface area (Å²) in [6, 6.07) is 19.3. The molecule has 31 heavy (non-hydrogen) atoms. The molecule has 0 aliphatic heterocycles. The molecule has 3 aromatic rings. The smallest absolute Gasteiger partial charge is 0.414 e. The highest BCUT2D eigenvalue weighted by atomic mass is 32.2. The Hall–Kier alpha value is -3.10. The lowest BCUT2D eigenvalue weighted by Gasteiger charge is -2.15. The first-order valence-corrected chi connectivity index (χ1v) is 10.6. The number of benzene rings is 2. The number of aliphatic carboxylic acids is 2. The van der Waals surface area contributed by atoms with Gasteiger partial charge in [0.2, 0.25) is 0 Å². The molecule has 0 aliphatic rings. The largest absolute Gasteiger partial charge is 0.473 e. The lowest BCUT2D eigenvalue weighted by Crippen LogP contribution is -2.14. The van der Waals surface area contributed by atoms with Crippen LogP contribution in [0, 0.1) is 0 Å². The van der Waals surface area contributed by atoms with E-state index in [9.17, 15) is 0 Å². The Kier molecular flexibility index (Phi) is 8.84. The van der Waals surface area contributed by atoms with Gasteiger partial charge in [0, 0.05) is 43.0 Å². The van der Waals surface area contributed by atoms with Crippen LogP contribution in [0.5, 0.6) is 0 Å². The molecule has 0 saturated heterocycles. The number of pyridine rings is 1. The maximum absolute atomic E-state index is 9.10. The van der Waals surface area contributed by atoms with Crippen molar-refractivity contribution in [1.82, 2.24) is 9.88 Å². The molecule has 0 radical (unpaired) electrons. The fourth-order valence-corrected chi connectivity index (χ4v) is 3.82. The van der Waals surface area contributed by atoms with Gasteiger partial charge in [-0.25, -0.2) is 14.6 Å². The van der Waals surface area contributed by atoms with E-state index in [4.69, 9.17) is 24.8 Å². The maximum Gasteiger partial charge on any atom is 0.414 e. The van der Waals surface area contributed by atoms with E-state index in [1.807, 2.05) is 11.8 Å². The first kappa shape index (κ1) is 24.2. The molecule has 0 saturated carbocycles. The highest BCUT2D eigenvalue weighted by Crippen LogP contribution is 2.33. The first-order chi connectivity index (χ1) is 14.7. The zero-order valence-electron chi connectivity index (χ0n) is 18.1. The van der Waals surface area contributed by atoms with Crippen molar-refractivity contribution < 1.29 is 19.8 Å². The summed E-state index contributed by atoms with van der Waals surface area (Å²) < 4.78 is 0. The van der Waals surface area contributed by atoms with Crippen LogP contribution in [0.2, 0.25) is 0 Å². The normalized spacial score (nSPS) is 10.5. The number of aromatic nitrogens is 1. The second-order valence-electron chi connectivity index (χ2n) is 7.24. The average molecular weight is 442 g/mol. The molecule has 0 bridgehead atoms. The number of carbonyl (C=O) groups is 2. The number of hydrogen-bond acceptors (Lipinski definition) is 6. The Morgan fingerprint density at radius 1 is 0.935 bits per heavy atom. The zero-order chi connectivity index (χ0) is 23.0. The van der Waals surface area contributed by atoms with Crippen molar-refractivity contribution in [3.8, 4) is 11.1 Å². The van der Waals surface area contributed by atoms with Crippen LogP contribution in [-0.2, 0) is 9.59 Å². The average Bonchev–Trinajstić information content (AvgIpc) is 2.73. The molecule has 0 aliphatic carbocycles. The van der Waals surface area contributed by atoms with Gasteiger partial charge >= 0.3 is 11.9 Å². The predicted octanol–water partition coefficient (Wildman–Crippen LogP) is 3.78. The Morgan fingerprint density at radius 3 is 2.13 bits per heavy atom. The Labute approximate surface area is 186 Å². The minimum absolute atomic E-state index is 1.03. The van der Waals surface area contributed by atoms with E-state index in [0.717, 1.165) is 22.8 Å². The Balaban J connectivity index is 0.000000501. The van der Waals surface area contributed by atoms with E-state index >= 15 is 0 Å². The number of carboxylic acid groups (broad SMARTS) is 2. The molecule has 1 aromatic heterocycles. The van der Waals surface area contributed by atoms with Crippen molar-refractivity contribution in [1.29, 1.82) is 0 Å². The number of carboxylic acids is 2. The SMILES string of the molecule is CN(C)CCSc1nc2cc(N(C)C)ccc2cc1-c1ccccc1.O=C(O)C(=O)O. The lowest BCUT2D eigenvalue weighted by atomic mass is 10.1. The van der Waals surface area contributed by atoms with Crippen LogP contribution >= 0.6 is 11.8 Å². The molecular formula is C23H27N3O4S. The molecule has 1 heterocycles. The molecule has 164 valence electrons. The van der Waals surface area contributed by atoms with E-state index in [1.165, 1.54) is 22.2 Å². The second kappa shape index (κ2) is 11.3. The molecule has 3 rings (SSSR count). The van der Waals surface area contributed by atoms with Crippen molar-refractivity contribution in [3.63, 3.8) is 0 Å². The summed E-state index contributed by atoms with van der Waals surface area (Å²) in [6.07, 6.45) is 0. The van der Waals surface area contributed by atoms with Crippen molar-refractivity contribution in [2.45, 2.75) is 5.03 Å². The molecule has 2 aromatic carbocycles. The summed E-state index contributed by atoms with van der Waals surface area (Å²) in [4.78, 5) is 27.5. The quantitative estimate of drug-likeness (QED) is 0.441. The number of rotatable bonds is 6. The van der Waals surface area contributed by atoms with E-state index in [1.54, 1.807) is 0 Å². The predicted molar refractivity (Wildman–Crippen MR) is 126 cm³/mol. The van der Waals surface area contributed by atoms with Gasteiger partial charge in [0.1, 0.15) is 5.03 Å². The van der Waals surface area contributed by atoms with Crippen LogP contribution in [0.1, 0.15) is 0 Å². The Morgan fingerprint density at radius 2 is 1.58 bits per heavy atom. The monoisotopic (exact) mass is 441 g/mol. The molecule has 7 nitrogen and oxygen atoms in total. The standard InChI is InChI=1S/C21H25N3S.C2H2O4/c1-23(2)12-13-25-21-19(16-8-6-5-7-9-16)14-17-10-11-18(24(3)4)15-20(17)22-21;3-1(4)2(5)6/h5-11,14-15H,12-13H2,1-4H3;(H,3,4)(H,5,6). The summed E-state index contributed by atoms with van der Waals surface area (Å²) in [5, 5.41) is 17.1. The van der Waals surface area contributed by atoms with E-state index in [0.29, 0.717) is 0 Å². The highest BCUT2D eigenvalue weighted by molar-refractivity contribution is 7.99. The molecule has 0 atom stereocenters. The summed E-state index contributed by atoms with van der Waals surface area (Å²) >= 11 is 1.83. The summed E-state index contributed by atoms with van der Waals surface area (Å²) in [6.45, 7) is 1.04. The van der Waals surface area contributed by atoms with Gasteiger partial charge in [0.25, 0.3) is 0 Å². The van der Waals surface area contributed by atoms with Crippen LogP contribution in [-0.4, -0.2) is 72.5 Å². The fraction of sp³-hybridized carbons (Fsp3) is 0.261. The summed E-state index contributed by atoms with van der Waals surface area (Å²) in [5.74, 6) is -2.62.